The minimum Gasteiger partial charge on any atom is -0.396 e. The first-order valence-corrected chi connectivity index (χ1v) is 9.68. The molecule has 2 aliphatic heterocycles. The van der Waals surface area contributed by atoms with Crippen molar-refractivity contribution in [1.29, 1.82) is 0 Å². The molecule has 1 aromatic carbocycles. The zero-order valence-corrected chi connectivity index (χ0v) is 14.5. The number of amides is 1. The lowest BCUT2D eigenvalue weighted by molar-refractivity contribution is -0.133. The fourth-order valence-electron chi connectivity index (χ4n) is 5.32. The Bertz CT molecular complexity index is 583. The van der Waals surface area contributed by atoms with Crippen LogP contribution in [0.4, 0.5) is 0 Å². The lowest BCUT2D eigenvalue weighted by Gasteiger charge is -2.36. The predicted molar refractivity (Wildman–Crippen MR) is 94.5 cm³/mol. The average Bonchev–Trinajstić information content (AvgIpc) is 3.10. The van der Waals surface area contributed by atoms with E-state index in [0.717, 1.165) is 38.0 Å². The summed E-state index contributed by atoms with van der Waals surface area (Å²) in [4.78, 5) is 15.0. The number of carbonyl (C=O) groups is 1. The van der Waals surface area contributed by atoms with Gasteiger partial charge in [-0.25, -0.2) is 0 Å². The number of aliphatic hydroxyl groups excluding tert-OH is 1. The molecule has 1 N–H and O–H groups in total. The standard InChI is InChI=1S/C21H29NO2/c23-15-21(13-17-5-2-1-3-6-17)14-18-10-11-19(21)22(18)20(24)12-9-16-7-4-8-16/h1-3,5-6,16,18-19,23H,4,7-15H2/t18-,19+,21-/m0/s1. The average molecular weight is 327 g/mol. The maximum Gasteiger partial charge on any atom is 0.223 e. The van der Waals surface area contributed by atoms with Crippen molar-refractivity contribution in [2.24, 2.45) is 11.3 Å². The van der Waals surface area contributed by atoms with Crippen molar-refractivity contribution >= 4 is 5.91 Å². The van der Waals surface area contributed by atoms with E-state index in [1.54, 1.807) is 0 Å². The minimum absolute atomic E-state index is 0.129. The molecular weight excluding hydrogens is 298 g/mol. The van der Waals surface area contributed by atoms with Crippen LogP contribution in [0.3, 0.4) is 0 Å². The SMILES string of the molecule is O=C(CCC1CCC1)N1[C@H]2CC[C@@H]1[C@@](CO)(Cc1ccccc1)C2. The maximum atomic E-state index is 12.9. The van der Waals surface area contributed by atoms with Gasteiger partial charge in [-0.2, -0.15) is 0 Å². The maximum absolute atomic E-state index is 12.9. The van der Waals surface area contributed by atoms with Crippen LogP contribution in [0.15, 0.2) is 30.3 Å². The van der Waals surface area contributed by atoms with Gasteiger partial charge in [-0.1, -0.05) is 49.6 Å². The second kappa shape index (κ2) is 6.51. The number of fused-ring (bicyclic) bond motifs is 2. The smallest absolute Gasteiger partial charge is 0.223 e. The summed E-state index contributed by atoms with van der Waals surface area (Å²) < 4.78 is 0. The van der Waals surface area contributed by atoms with Gasteiger partial charge in [0.25, 0.3) is 0 Å². The molecule has 1 saturated carbocycles. The van der Waals surface area contributed by atoms with E-state index in [0.29, 0.717) is 18.4 Å². The zero-order valence-electron chi connectivity index (χ0n) is 14.5. The quantitative estimate of drug-likeness (QED) is 0.868. The molecule has 3 nitrogen and oxygen atoms in total. The van der Waals surface area contributed by atoms with Crippen LogP contribution in [0.5, 0.6) is 0 Å². The summed E-state index contributed by atoms with van der Waals surface area (Å²) in [7, 11) is 0. The van der Waals surface area contributed by atoms with Gasteiger partial charge in [0.15, 0.2) is 0 Å². The summed E-state index contributed by atoms with van der Waals surface area (Å²) in [6.07, 6.45) is 9.80. The van der Waals surface area contributed by atoms with E-state index in [1.807, 2.05) is 6.07 Å². The topological polar surface area (TPSA) is 40.5 Å². The lowest BCUT2D eigenvalue weighted by Crippen LogP contribution is -2.44. The van der Waals surface area contributed by atoms with Gasteiger partial charge in [-0.05, 0) is 43.6 Å². The van der Waals surface area contributed by atoms with Crippen molar-refractivity contribution in [1.82, 2.24) is 4.90 Å². The first kappa shape index (κ1) is 16.1. The fraction of sp³-hybridized carbons (Fsp3) is 0.667. The Labute approximate surface area is 145 Å². The van der Waals surface area contributed by atoms with E-state index in [9.17, 15) is 9.90 Å². The summed E-state index contributed by atoms with van der Waals surface area (Å²) in [5.74, 6) is 1.14. The van der Waals surface area contributed by atoms with Crippen LogP contribution in [0, 0.1) is 11.3 Å². The van der Waals surface area contributed by atoms with E-state index in [-0.39, 0.29) is 18.1 Å². The highest BCUT2D eigenvalue weighted by Gasteiger charge is 2.56. The number of rotatable bonds is 6. The van der Waals surface area contributed by atoms with E-state index in [2.05, 4.69) is 29.2 Å². The Balaban J connectivity index is 1.46. The highest BCUT2D eigenvalue weighted by molar-refractivity contribution is 5.78. The van der Waals surface area contributed by atoms with Gasteiger partial charge in [-0.15, -0.1) is 0 Å². The van der Waals surface area contributed by atoms with Gasteiger partial charge in [0.05, 0.1) is 6.61 Å². The molecule has 1 aliphatic carbocycles. The number of nitrogens with zero attached hydrogens (tertiary/aromatic N) is 1. The second-order valence-electron chi connectivity index (χ2n) is 8.27. The Morgan fingerprint density at radius 3 is 2.62 bits per heavy atom. The molecule has 130 valence electrons. The molecule has 1 aromatic rings. The molecule has 4 rings (SSSR count). The number of benzene rings is 1. The van der Waals surface area contributed by atoms with Crippen molar-refractivity contribution in [3.8, 4) is 0 Å². The van der Waals surface area contributed by atoms with Gasteiger partial charge in [0.1, 0.15) is 0 Å². The Morgan fingerprint density at radius 2 is 1.96 bits per heavy atom. The molecule has 3 heteroatoms. The molecule has 2 heterocycles. The molecule has 3 aliphatic rings. The van der Waals surface area contributed by atoms with Gasteiger partial charge < -0.3 is 10.0 Å². The van der Waals surface area contributed by atoms with Gasteiger partial charge in [0, 0.05) is 23.9 Å². The zero-order chi connectivity index (χ0) is 16.6. The molecule has 3 fully saturated rings. The number of hydrogen-bond donors (Lipinski definition) is 1. The Kier molecular flexibility index (Phi) is 4.38. The minimum atomic E-state index is -0.129. The third-order valence-corrected chi connectivity index (χ3v) is 6.84. The van der Waals surface area contributed by atoms with Crippen molar-refractivity contribution in [2.75, 3.05) is 6.61 Å². The Hall–Kier alpha value is -1.35. The van der Waals surface area contributed by atoms with E-state index < -0.39 is 0 Å². The normalized spacial score (nSPS) is 32.1. The molecule has 2 bridgehead atoms. The van der Waals surface area contributed by atoms with E-state index in [4.69, 9.17) is 0 Å². The van der Waals surface area contributed by atoms with Crippen LogP contribution in [0.1, 0.15) is 56.9 Å². The first-order valence-electron chi connectivity index (χ1n) is 9.68. The van der Waals surface area contributed by atoms with Crippen LogP contribution >= 0.6 is 0 Å². The van der Waals surface area contributed by atoms with Crippen molar-refractivity contribution in [3.63, 3.8) is 0 Å². The molecule has 3 atom stereocenters. The summed E-state index contributed by atoms with van der Waals surface area (Å²) in [5.41, 5.74) is 1.15. The number of carbonyl (C=O) groups excluding carboxylic acids is 1. The van der Waals surface area contributed by atoms with Crippen LogP contribution in [-0.2, 0) is 11.2 Å². The van der Waals surface area contributed by atoms with Crippen LogP contribution in [-0.4, -0.2) is 34.6 Å². The molecular formula is C21H29NO2. The largest absolute Gasteiger partial charge is 0.396 e. The van der Waals surface area contributed by atoms with E-state index in [1.165, 1.54) is 24.8 Å². The third-order valence-electron chi connectivity index (χ3n) is 6.84. The van der Waals surface area contributed by atoms with E-state index >= 15 is 0 Å². The molecule has 0 radical (unpaired) electrons. The van der Waals surface area contributed by atoms with Crippen LogP contribution in [0.25, 0.3) is 0 Å². The van der Waals surface area contributed by atoms with Crippen molar-refractivity contribution in [3.05, 3.63) is 35.9 Å². The van der Waals surface area contributed by atoms with Gasteiger partial charge in [-0.3, -0.25) is 4.79 Å². The lowest BCUT2D eigenvalue weighted by atomic mass is 9.70. The molecule has 1 amide bonds. The molecule has 0 spiro atoms. The summed E-state index contributed by atoms with van der Waals surface area (Å²) in [6.45, 7) is 0.190. The summed E-state index contributed by atoms with van der Waals surface area (Å²) >= 11 is 0. The van der Waals surface area contributed by atoms with Crippen molar-refractivity contribution < 1.29 is 9.90 Å². The first-order chi connectivity index (χ1) is 11.7. The number of hydrogen-bond acceptors (Lipinski definition) is 2. The molecule has 2 saturated heterocycles. The second-order valence-corrected chi connectivity index (χ2v) is 8.27. The Morgan fingerprint density at radius 1 is 1.17 bits per heavy atom. The molecule has 24 heavy (non-hydrogen) atoms. The van der Waals surface area contributed by atoms with Crippen LogP contribution < -0.4 is 0 Å². The fourth-order valence-corrected chi connectivity index (χ4v) is 5.32. The summed E-state index contributed by atoms with van der Waals surface area (Å²) in [6, 6.07) is 11.1. The molecule has 0 aromatic heterocycles. The van der Waals surface area contributed by atoms with Crippen molar-refractivity contribution in [2.45, 2.75) is 69.9 Å². The third kappa shape index (κ3) is 2.77. The van der Waals surface area contributed by atoms with Gasteiger partial charge >= 0.3 is 0 Å². The highest BCUT2D eigenvalue weighted by atomic mass is 16.3. The predicted octanol–water partition coefficient (Wildman–Crippen LogP) is 3.55. The number of aliphatic hydroxyl groups is 1. The summed E-state index contributed by atoms with van der Waals surface area (Å²) in [5, 5.41) is 10.2. The van der Waals surface area contributed by atoms with Gasteiger partial charge in [0.2, 0.25) is 5.91 Å². The monoisotopic (exact) mass is 327 g/mol. The highest BCUT2D eigenvalue weighted by Crippen LogP contribution is 2.51. The molecule has 0 unspecified atom stereocenters. The van der Waals surface area contributed by atoms with Crippen LogP contribution in [0.2, 0.25) is 0 Å².